The lowest BCUT2D eigenvalue weighted by Crippen LogP contribution is -2.25. The molecule has 5 heteroatoms. The molecule has 88 valence electrons. The van der Waals surface area contributed by atoms with Crippen molar-refractivity contribution in [3.8, 4) is 0 Å². The average molecular weight is 307 g/mol. The molecule has 1 aromatic rings. The summed E-state index contributed by atoms with van der Waals surface area (Å²) in [4.78, 5) is 11.7. The van der Waals surface area contributed by atoms with E-state index in [-0.39, 0.29) is 5.91 Å². The van der Waals surface area contributed by atoms with Crippen molar-refractivity contribution in [1.29, 1.82) is 0 Å². The van der Waals surface area contributed by atoms with Gasteiger partial charge in [-0.2, -0.15) is 0 Å². The van der Waals surface area contributed by atoms with Crippen LogP contribution in [0.1, 0.15) is 16.8 Å². The highest BCUT2D eigenvalue weighted by atomic mass is 79.9. The summed E-state index contributed by atoms with van der Waals surface area (Å²) in [5.74, 6) is -0.134. The molecule has 0 saturated carbocycles. The third-order valence-electron chi connectivity index (χ3n) is 2.01. The van der Waals surface area contributed by atoms with Gasteiger partial charge >= 0.3 is 0 Å². The van der Waals surface area contributed by atoms with Crippen molar-refractivity contribution < 1.29 is 9.53 Å². The summed E-state index contributed by atoms with van der Waals surface area (Å²) in [6.45, 7) is 1.22. The second-order valence-electron chi connectivity index (χ2n) is 3.20. The van der Waals surface area contributed by atoms with Crippen LogP contribution in [-0.2, 0) is 4.74 Å². The minimum atomic E-state index is -0.134. The summed E-state index contributed by atoms with van der Waals surface area (Å²) in [5.41, 5.74) is 0.546. The predicted molar refractivity (Wildman–Crippen MR) is 68.0 cm³/mol. The van der Waals surface area contributed by atoms with Gasteiger partial charge in [-0.1, -0.05) is 17.7 Å². The molecule has 0 aliphatic carbocycles. The van der Waals surface area contributed by atoms with E-state index in [1.54, 1.807) is 25.3 Å². The van der Waals surface area contributed by atoms with Gasteiger partial charge in [0.15, 0.2) is 0 Å². The second-order valence-corrected chi connectivity index (χ2v) is 4.40. The third-order valence-corrected chi connectivity index (χ3v) is 3.40. The van der Waals surface area contributed by atoms with Gasteiger partial charge in [-0.15, -0.1) is 0 Å². The maximum atomic E-state index is 11.7. The van der Waals surface area contributed by atoms with Gasteiger partial charge in [-0.3, -0.25) is 4.79 Å². The lowest BCUT2D eigenvalue weighted by Gasteiger charge is -2.07. The number of halogens is 2. The van der Waals surface area contributed by atoms with Gasteiger partial charge in [0.25, 0.3) is 5.91 Å². The summed E-state index contributed by atoms with van der Waals surface area (Å²) in [6, 6.07) is 5.20. The smallest absolute Gasteiger partial charge is 0.252 e. The fraction of sp³-hybridized carbons (Fsp3) is 0.364. The van der Waals surface area contributed by atoms with Crippen LogP contribution in [0.4, 0.5) is 0 Å². The van der Waals surface area contributed by atoms with Gasteiger partial charge in [-0.25, -0.2) is 0 Å². The quantitative estimate of drug-likeness (QED) is 0.850. The summed E-state index contributed by atoms with van der Waals surface area (Å²) in [7, 11) is 1.63. The monoisotopic (exact) mass is 305 g/mol. The molecule has 0 bridgehead atoms. The molecule has 0 fully saturated rings. The molecule has 1 amide bonds. The van der Waals surface area contributed by atoms with Crippen LogP contribution < -0.4 is 5.32 Å². The Morgan fingerprint density at radius 2 is 2.31 bits per heavy atom. The molecule has 0 atom stereocenters. The first-order chi connectivity index (χ1) is 7.66. The van der Waals surface area contributed by atoms with E-state index < -0.39 is 0 Å². The van der Waals surface area contributed by atoms with Crippen molar-refractivity contribution in [3.05, 3.63) is 33.3 Å². The molecule has 0 aliphatic heterocycles. The minimum Gasteiger partial charge on any atom is -0.385 e. The van der Waals surface area contributed by atoms with E-state index in [0.29, 0.717) is 28.2 Å². The van der Waals surface area contributed by atoms with Crippen LogP contribution in [-0.4, -0.2) is 26.2 Å². The molecule has 1 aromatic carbocycles. The molecular formula is C11H13BrClNO2. The highest BCUT2D eigenvalue weighted by molar-refractivity contribution is 9.10. The zero-order valence-electron chi connectivity index (χ0n) is 8.93. The summed E-state index contributed by atoms with van der Waals surface area (Å²) < 4.78 is 5.52. The maximum Gasteiger partial charge on any atom is 0.252 e. The van der Waals surface area contributed by atoms with Crippen LogP contribution >= 0.6 is 27.5 Å². The van der Waals surface area contributed by atoms with Crippen molar-refractivity contribution in [2.24, 2.45) is 0 Å². The zero-order chi connectivity index (χ0) is 12.0. The van der Waals surface area contributed by atoms with E-state index in [0.717, 1.165) is 6.42 Å². The highest BCUT2D eigenvalue weighted by Crippen LogP contribution is 2.25. The number of benzene rings is 1. The van der Waals surface area contributed by atoms with Crippen LogP contribution in [0.15, 0.2) is 22.7 Å². The number of carbonyl (C=O) groups excluding carboxylic acids is 1. The fourth-order valence-electron chi connectivity index (χ4n) is 1.19. The van der Waals surface area contributed by atoms with Crippen molar-refractivity contribution in [2.75, 3.05) is 20.3 Å². The third kappa shape index (κ3) is 3.77. The number of rotatable bonds is 5. The van der Waals surface area contributed by atoms with Gasteiger partial charge in [0.05, 0.1) is 10.6 Å². The number of nitrogens with one attached hydrogen (secondary N) is 1. The SMILES string of the molecule is COCCCNC(=O)c1cccc(Cl)c1Br. The van der Waals surface area contributed by atoms with Crippen LogP contribution in [0, 0.1) is 0 Å². The number of ether oxygens (including phenoxy) is 1. The lowest BCUT2D eigenvalue weighted by atomic mass is 10.2. The summed E-state index contributed by atoms with van der Waals surface area (Å²) >= 11 is 9.18. The first-order valence-electron chi connectivity index (χ1n) is 4.88. The molecule has 0 aliphatic rings. The molecule has 0 saturated heterocycles. The lowest BCUT2D eigenvalue weighted by molar-refractivity contribution is 0.0948. The van der Waals surface area contributed by atoms with Crippen molar-refractivity contribution in [2.45, 2.75) is 6.42 Å². The molecule has 0 unspecified atom stereocenters. The van der Waals surface area contributed by atoms with Crippen LogP contribution in [0.3, 0.4) is 0 Å². The van der Waals surface area contributed by atoms with Crippen LogP contribution in [0.25, 0.3) is 0 Å². The Hall–Kier alpha value is -0.580. The molecular weight excluding hydrogens is 293 g/mol. The van der Waals surface area contributed by atoms with Crippen molar-refractivity contribution >= 4 is 33.4 Å². The molecule has 0 aromatic heterocycles. The highest BCUT2D eigenvalue weighted by Gasteiger charge is 2.10. The minimum absolute atomic E-state index is 0.134. The Balaban J connectivity index is 2.56. The van der Waals surface area contributed by atoms with Gasteiger partial charge in [0.2, 0.25) is 0 Å². The van der Waals surface area contributed by atoms with Crippen LogP contribution in [0.2, 0.25) is 5.02 Å². The van der Waals surface area contributed by atoms with Gasteiger partial charge in [0, 0.05) is 24.7 Å². The number of carbonyl (C=O) groups is 1. The number of methoxy groups -OCH3 is 1. The van der Waals surface area contributed by atoms with E-state index in [1.807, 2.05) is 0 Å². The number of amides is 1. The fourth-order valence-corrected chi connectivity index (χ4v) is 1.81. The topological polar surface area (TPSA) is 38.3 Å². The molecule has 1 rings (SSSR count). The summed E-state index contributed by atoms with van der Waals surface area (Å²) in [6.07, 6.45) is 0.792. The molecule has 0 radical (unpaired) electrons. The first-order valence-corrected chi connectivity index (χ1v) is 6.05. The van der Waals surface area contributed by atoms with E-state index in [2.05, 4.69) is 21.2 Å². The Morgan fingerprint density at radius 1 is 1.56 bits per heavy atom. The molecule has 0 heterocycles. The number of hydrogen-bond donors (Lipinski definition) is 1. The average Bonchev–Trinajstić information content (AvgIpc) is 2.28. The van der Waals surface area contributed by atoms with E-state index >= 15 is 0 Å². The molecule has 3 nitrogen and oxygen atoms in total. The van der Waals surface area contributed by atoms with E-state index in [4.69, 9.17) is 16.3 Å². The first kappa shape index (κ1) is 13.5. The van der Waals surface area contributed by atoms with Gasteiger partial charge < -0.3 is 10.1 Å². The van der Waals surface area contributed by atoms with Crippen molar-refractivity contribution in [3.63, 3.8) is 0 Å². The standard InChI is InChI=1S/C11H13BrClNO2/c1-16-7-3-6-14-11(15)8-4-2-5-9(13)10(8)12/h2,4-5H,3,6-7H2,1H3,(H,14,15). The van der Waals surface area contributed by atoms with E-state index in [9.17, 15) is 4.79 Å². The molecule has 0 spiro atoms. The normalized spacial score (nSPS) is 10.2. The van der Waals surface area contributed by atoms with Gasteiger partial charge in [-0.05, 0) is 34.5 Å². The van der Waals surface area contributed by atoms with Crippen molar-refractivity contribution in [1.82, 2.24) is 5.32 Å². The second kappa shape index (κ2) is 6.89. The maximum absolute atomic E-state index is 11.7. The largest absolute Gasteiger partial charge is 0.385 e. The summed E-state index contributed by atoms with van der Waals surface area (Å²) in [5, 5.41) is 3.33. The van der Waals surface area contributed by atoms with Crippen LogP contribution in [0.5, 0.6) is 0 Å². The molecule has 1 N–H and O–H groups in total. The molecule has 16 heavy (non-hydrogen) atoms. The Labute approximate surface area is 108 Å². The Bertz CT molecular complexity index is 371. The number of hydrogen-bond acceptors (Lipinski definition) is 2. The predicted octanol–water partition coefficient (Wildman–Crippen LogP) is 2.87. The zero-order valence-corrected chi connectivity index (χ0v) is 11.3. The Kier molecular flexibility index (Phi) is 5.80. The van der Waals surface area contributed by atoms with Gasteiger partial charge in [0.1, 0.15) is 0 Å². The van der Waals surface area contributed by atoms with E-state index in [1.165, 1.54) is 0 Å². The Morgan fingerprint density at radius 3 is 3.00 bits per heavy atom.